The number of benzene rings is 2. The molecule has 1 unspecified atom stereocenters. The second-order valence-corrected chi connectivity index (χ2v) is 8.72. The molecule has 1 heterocycles. The number of aryl methyl sites for hydroxylation is 1. The maximum Gasteiger partial charge on any atom is 0.338 e. The van der Waals surface area contributed by atoms with Gasteiger partial charge in [0.15, 0.2) is 11.9 Å². The highest BCUT2D eigenvalue weighted by atomic mass is 35.5. The fourth-order valence-electron chi connectivity index (χ4n) is 2.63. The topological polar surface area (TPSA) is 121 Å². The quantitative estimate of drug-likeness (QED) is 0.502. The molecule has 0 amide bonds. The minimum absolute atomic E-state index is 0.0238. The van der Waals surface area contributed by atoms with Gasteiger partial charge in [0.1, 0.15) is 10.6 Å². The smallest absolute Gasteiger partial charge is 0.338 e. The molecule has 1 N–H and O–H groups in total. The maximum atomic E-state index is 12.9. The zero-order valence-corrected chi connectivity index (χ0v) is 18.5. The SMILES string of the molecule is COc1ccc(C(=O)OC(C)c2nc(C)no2)cc1S(=O)(=O)NCc1ccc(Cl)cc1. The molecule has 3 rings (SSSR count). The van der Waals surface area contributed by atoms with Gasteiger partial charge in [-0.1, -0.05) is 28.9 Å². The Morgan fingerprint density at radius 3 is 2.55 bits per heavy atom. The van der Waals surface area contributed by atoms with Gasteiger partial charge in [-0.2, -0.15) is 4.98 Å². The first-order valence-corrected chi connectivity index (χ1v) is 11.0. The lowest BCUT2D eigenvalue weighted by Gasteiger charge is -2.13. The second-order valence-electron chi connectivity index (χ2n) is 6.54. The lowest BCUT2D eigenvalue weighted by atomic mass is 10.2. The Morgan fingerprint density at radius 1 is 1.23 bits per heavy atom. The van der Waals surface area contributed by atoms with Gasteiger partial charge >= 0.3 is 5.97 Å². The van der Waals surface area contributed by atoms with Gasteiger partial charge in [-0.05, 0) is 49.7 Å². The number of rotatable bonds is 8. The summed E-state index contributed by atoms with van der Waals surface area (Å²) < 4.78 is 43.7. The third kappa shape index (κ3) is 5.60. The minimum atomic E-state index is -4.00. The summed E-state index contributed by atoms with van der Waals surface area (Å²) in [5.74, 6) is -0.125. The summed E-state index contributed by atoms with van der Waals surface area (Å²) in [6.07, 6.45) is -0.807. The van der Waals surface area contributed by atoms with Gasteiger partial charge in [0.05, 0.1) is 12.7 Å². The number of nitrogens with zero attached hydrogens (tertiary/aromatic N) is 2. The van der Waals surface area contributed by atoms with Crippen molar-refractivity contribution in [3.8, 4) is 5.75 Å². The van der Waals surface area contributed by atoms with E-state index in [1.165, 1.54) is 25.3 Å². The van der Waals surface area contributed by atoms with Crippen LogP contribution in [0, 0.1) is 6.92 Å². The molecular weight excluding hydrogens is 446 g/mol. The predicted molar refractivity (Wildman–Crippen MR) is 111 cm³/mol. The Bertz CT molecular complexity index is 1180. The van der Waals surface area contributed by atoms with E-state index in [4.69, 9.17) is 25.6 Å². The Labute approximate surface area is 184 Å². The summed E-state index contributed by atoms with van der Waals surface area (Å²) in [4.78, 5) is 16.4. The molecule has 0 saturated heterocycles. The number of nitrogens with one attached hydrogen (secondary N) is 1. The first-order valence-electron chi connectivity index (χ1n) is 9.13. The van der Waals surface area contributed by atoms with Crippen LogP contribution in [0.3, 0.4) is 0 Å². The standard InChI is InChI=1S/C20H20ClN3O6S/c1-12(19-23-13(2)24-30-19)29-20(25)15-6-9-17(28-3)18(10-15)31(26,27)22-11-14-4-7-16(21)8-5-14/h4-10,12,22H,11H2,1-3H3. The van der Waals surface area contributed by atoms with Crippen LogP contribution in [0.25, 0.3) is 0 Å². The van der Waals surface area contributed by atoms with Crippen molar-refractivity contribution in [1.29, 1.82) is 0 Å². The minimum Gasteiger partial charge on any atom is -0.495 e. The van der Waals surface area contributed by atoms with E-state index in [2.05, 4.69) is 14.9 Å². The molecule has 0 spiro atoms. The fraction of sp³-hybridized carbons (Fsp3) is 0.250. The predicted octanol–water partition coefficient (Wildman–Crippen LogP) is 3.44. The van der Waals surface area contributed by atoms with Crippen molar-refractivity contribution < 1.29 is 27.2 Å². The molecule has 1 aromatic heterocycles. The molecule has 0 aliphatic heterocycles. The Balaban J connectivity index is 1.80. The number of ether oxygens (including phenoxy) is 2. The zero-order chi connectivity index (χ0) is 22.6. The van der Waals surface area contributed by atoms with Crippen molar-refractivity contribution in [2.24, 2.45) is 0 Å². The zero-order valence-electron chi connectivity index (χ0n) is 17.0. The molecule has 0 aliphatic rings. The van der Waals surface area contributed by atoms with E-state index in [0.29, 0.717) is 16.4 Å². The number of methoxy groups -OCH3 is 1. The maximum absolute atomic E-state index is 12.9. The monoisotopic (exact) mass is 465 g/mol. The van der Waals surface area contributed by atoms with Crippen molar-refractivity contribution >= 4 is 27.6 Å². The molecule has 11 heteroatoms. The number of aromatic nitrogens is 2. The second kappa shape index (κ2) is 9.46. The van der Waals surface area contributed by atoms with Crippen LogP contribution in [-0.4, -0.2) is 31.6 Å². The van der Waals surface area contributed by atoms with Crippen molar-refractivity contribution in [1.82, 2.24) is 14.9 Å². The highest BCUT2D eigenvalue weighted by Gasteiger charge is 2.24. The summed E-state index contributed by atoms with van der Waals surface area (Å²) in [5.41, 5.74) is 0.738. The highest BCUT2D eigenvalue weighted by Crippen LogP contribution is 2.26. The van der Waals surface area contributed by atoms with Crippen LogP contribution in [0.2, 0.25) is 5.02 Å². The van der Waals surface area contributed by atoms with E-state index in [1.54, 1.807) is 38.1 Å². The lowest BCUT2D eigenvalue weighted by molar-refractivity contribution is 0.0265. The van der Waals surface area contributed by atoms with Gasteiger partial charge < -0.3 is 14.0 Å². The van der Waals surface area contributed by atoms with E-state index in [9.17, 15) is 13.2 Å². The van der Waals surface area contributed by atoms with E-state index in [0.717, 1.165) is 0 Å². The van der Waals surface area contributed by atoms with Crippen molar-refractivity contribution in [3.63, 3.8) is 0 Å². The van der Waals surface area contributed by atoms with Gasteiger partial charge in [-0.25, -0.2) is 17.9 Å². The molecule has 0 saturated carbocycles. The van der Waals surface area contributed by atoms with Gasteiger partial charge in [-0.15, -0.1) is 0 Å². The van der Waals surface area contributed by atoms with Crippen LogP contribution in [0.1, 0.15) is 40.7 Å². The van der Waals surface area contributed by atoms with Crippen LogP contribution in [0.15, 0.2) is 51.9 Å². The average molecular weight is 466 g/mol. The van der Waals surface area contributed by atoms with Crippen LogP contribution in [0.5, 0.6) is 5.75 Å². The Hall–Kier alpha value is -2.95. The average Bonchev–Trinajstić information content (AvgIpc) is 3.19. The molecule has 164 valence electrons. The first-order chi connectivity index (χ1) is 14.7. The van der Waals surface area contributed by atoms with Crippen LogP contribution < -0.4 is 9.46 Å². The summed E-state index contributed by atoms with van der Waals surface area (Å²) in [6, 6.07) is 10.7. The number of halogens is 1. The number of sulfonamides is 1. The van der Waals surface area contributed by atoms with Gasteiger partial charge in [-0.3, -0.25) is 0 Å². The molecule has 1 atom stereocenters. The molecule has 0 fully saturated rings. The van der Waals surface area contributed by atoms with Gasteiger partial charge in [0.2, 0.25) is 10.0 Å². The molecule has 3 aromatic rings. The van der Waals surface area contributed by atoms with Crippen LogP contribution >= 0.6 is 11.6 Å². The summed E-state index contributed by atoms with van der Waals surface area (Å²) in [6.45, 7) is 3.24. The van der Waals surface area contributed by atoms with Crippen LogP contribution in [0.4, 0.5) is 0 Å². The highest BCUT2D eigenvalue weighted by molar-refractivity contribution is 7.89. The summed E-state index contributed by atoms with van der Waals surface area (Å²) in [5, 5.41) is 4.19. The Kier molecular flexibility index (Phi) is 6.94. The number of carbonyl (C=O) groups is 1. The Morgan fingerprint density at radius 2 is 1.94 bits per heavy atom. The van der Waals surface area contributed by atoms with Crippen molar-refractivity contribution in [2.45, 2.75) is 31.4 Å². The summed E-state index contributed by atoms with van der Waals surface area (Å²) >= 11 is 5.85. The number of hydrogen-bond donors (Lipinski definition) is 1. The molecular formula is C20H20ClN3O6S. The van der Waals surface area contributed by atoms with E-state index in [1.807, 2.05) is 0 Å². The fourth-order valence-corrected chi connectivity index (χ4v) is 3.97. The number of carbonyl (C=O) groups excluding carboxylic acids is 1. The van der Waals surface area contributed by atoms with E-state index < -0.39 is 22.1 Å². The molecule has 31 heavy (non-hydrogen) atoms. The van der Waals surface area contributed by atoms with E-state index in [-0.39, 0.29) is 28.6 Å². The third-order valence-electron chi connectivity index (χ3n) is 4.24. The largest absolute Gasteiger partial charge is 0.495 e. The van der Waals surface area contributed by atoms with Crippen molar-refractivity contribution in [2.75, 3.05) is 7.11 Å². The molecule has 0 bridgehead atoms. The summed E-state index contributed by atoms with van der Waals surface area (Å²) in [7, 11) is -2.66. The number of esters is 1. The third-order valence-corrected chi connectivity index (χ3v) is 5.92. The van der Waals surface area contributed by atoms with E-state index >= 15 is 0 Å². The molecule has 9 nitrogen and oxygen atoms in total. The van der Waals surface area contributed by atoms with Crippen molar-refractivity contribution in [3.05, 3.63) is 70.3 Å². The first kappa shape index (κ1) is 22.7. The molecule has 2 aromatic carbocycles. The van der Waals surface area contributed by atoms with Crippen LogP contribution in [-0.2, 0) is 21.3 Å². The number of hydrogen-bond acceptors (Lipinski definition) is 8. The van der Waals surface area contributed by atoms with Gasteiger partial charge in [0, 0.05) is 11.6 Å². The normalized spacial score (nSPS) is 12.4. The molecule has 0 radical (unpaired) electrons. The lowest BCUT2D eigenvalue weighted by Crippen LogP contribution is -2.24. The molecule has 0 aliphatic carbocycles. The van der Waals surface area contributed by atoms with Gasteiger partial charge in [0.25, 0.3) is 5.89 Å².